The first-order valence-corrected chi connectivity index (χ1v) is 14.1. The molecule has 3 unspecified atom stereocenters. The standard InChI is InChI=1S/C29H37N3O5S/c1-20(33)37-27-28(21-12-14-22(36-3)15-13-21)38-26-11-7-6-10-24(26)32(29(27)35)18-17-31(2)19-25(34)23-9-5-4-8-16-30-23/h6-7,10-15,23,27-28,30H,4-5,8-9,16-19H2,1-3H3. The summed E-state index contributed by atoms with van der Waals surface area (Å²) in [6, 6.07) is 15.1. The van der Waals surface area contributed by atoms with E-state index in [1.165, 1.54) is 18.7 Å². The Hall–Kier alpha value is -2.88. The van der Waals surface area contributed by atoms with Crippen molar-refractivity contribution in [3.05, 3.63) is 54.1 Å². The number of carbonyl (C=O) groups is 3. The zero-order chi connectivity index (χ0) is 27.1. The van der Waals surface area contributed by atoms with Gasteiger partial charge in [0.2, 0.25) is 0 Å². The van der Waals surface area contributed by atoms with E-state index in [0.717, 1.165) is 48.4 Å². The predicted molar refractivity (Wildman–Crippen MR) is 149 cm³/mol. The Bertz CT molecular complexity index is 1120. The summed E-state index contributed by atoms with van der Waals surface area (Å²) in [6.07, 6.45) is 3.20. The van der Waals surface area contributed by atoms with E-state index < -0.39 is 17.3 Å². The van der Waals surface area contributed by atoms with E-state index in [-0.39, 0.29) is 17.7 Å². The fourth-order valence-corrected chi connectivity index (χ4v) is 6.29. The monoisotopic (exact) mass is 539 g/mol. The van der Waals surface area contributed by atoms with E-state index >= 15 is 0 Å². The SMILES string of the molecule is COc1ccc(C2Sc3ccccc3N(CCN(C)CC(=O)C3CCCCCN3)C(=O)C2OC(C)=O)cc1. The number of nitrogens with zero attached hydrogens (tertiary/aromatic N) is 2. The van der Waals surface area contributed by atoms with Gasteiger partial charge in [-0.25, -0.2) is 0 Å². The van der Waals surface area contributed by atoms with Gasteiger partial charge in [-0.1, -0.05) is 37.1 Å². The number of likely N-dealkylation sites (N-methyl/N-ethyl adjacent to an activating group) is 1. The lowest BCUT2D eigenvalue weighted by Crippen LogP contribution is -2.47. The third-order valence-electron chi connectivity index (χ3n) is 7.01. The molecule has 3 atom stereocenters. The molecule has 1 amide bonds. The molecule has 8 nitrogen and oxygen atoms in total. The Labute approximate surface area is 229 Å². The first kappa shape index (κ1) is 28.1. The maximum absolute atomic E-state index is 14.0. The number of ketones is 1. The molecule has 4 rings (SSSR count). The minimum absolute atomic E-state index is 0.101. The van der Waals surface area contributed by atoms with Crippen molar-refractivity contribution in [2.45, 2.75) is 54.9 Å². The Morgan fingerprint density at radius 3 is 2.61 bits per heavy atom. The van der Waals surface area contributed by atoms with Crippen LogP contribution in [0.2, 0.25) is 0 Å². The lowest BCUT2D eigenvalue weighted by atomic mass is 10.1. The molecule has 1 saturated heterocycles. The Morgan fingerprint density at radius 1 is 1.11 bits per heavy atom. The van der Waals surface area contributed by atoms with Gasteiger partial charge in [0.25, 0.3) is 5.91 Å². The normalized spacial score (nSPS) is 21.8. The summed E-state index contributed by atoms with van der Waals surface area (Å²) >= 11 is 1.51. The highest BCUT2D eigenvalue weighted by Crippen LogP contribution is 2.46. The summed E-state index contributed by atoms with van der Waals surface area (Å²) < 4.78 is 11.0. The van der Waals surface area contributed by atoms with Gasteiger partial charge < -0.3 is 19.7 Å². The predicted octanol–water partition coefficient (Wildman–Crippen LogP) is 3.84. The van der Waals surface area contributed by atoms with Crippen LogP contribution in [0.5, 0.6) is 5.75 Å². The van der Waals surface area contributed by atoms with Gasteiger partial charge in [0, 0.05) is 24.9 Å². The van der Waals surface area contributed by atoms with Crippen LogP contribution in [0.1, 0.15) is 43.4 Å². The van der Waals surface area contributed by atoms with E-state index in [0.29, 0.717) is 25.4 Å². The minimum Gasteiger partial charge on any atom is -0.497 e. The summed E-state index contributed by atoms with van der Waals surface area (Å²) in [7, 11) is 3.51. The second-order valence-electron chi connectivity index (χ2n) is 9.86. The van der Waals surface area contributed by atoms with Gasteiger partial charge in [0.1, 0.15) is 5.75 Å². The van der Waals surface area contributed by atoms with Crippen molar-refractivity contribution in [2.24, 2.45) is 0 Å². The summed E-state index contributed by atoms with van der Waals surface area (Å²) in [4.78, 5) is 43.6. The number of hydrogen-bond acceptors (Lipinski definition) is 8. The van der Waals surface area contributed by atoms with Crippen LogP contribution in [0.3, 0.4) is 0 Å². The second-order valence-corrected chi connectivity index (χ2v) is 11.0. The van der Waals surface area contributed by atoms with Crippen molar-refractivity contribution in [1.82, 2.24) is 10.2 Å². The van der Waals surface area contributed by atoms with Gasteiger partial charge >= 0.3 is 5.97 Å². The number of hydrogen-bond donors (Lipinski definition) is 1. The highest BCUT2D eigenvalue weighted by Gasteiger charge is 2.40. The second kappa shape index (κ2) is 13.3. The molecule has 0 spiro atoms. The van der Waals surface area contributed by atoms with E-state index in [2.05, 4.69) is 5.32 Å². The summed E-state index contributed by atoms with van der Waals surface area (Å²) in [5, 5.41) is 2.95. The number of carbonyl (C=O) groups excluding carboxylic acids is 3. The number of amides is 1. The molecular formula is C29H37N3O5S. The number of Topliss-reactive ketones (excluding diaryl/α,β-unsaturated/α-hetero) is 1. The number of benzene rings is 2. The minimum atomic E-state index is -1.000. The quantitative estimate of drug-likeness (QED) is 0.481. The molecule has 38 heavy (non-hydrogen) atoms. The zero-order valence-electron chi connectivity index (χ0n) is 22.4. The molecule has 0 radical (unpaired) electrons. The van der Waals surface area contributed by atoms with Gasteiger partial charge in [-0.05, 0) is 56.3 Å². The van der Waals surface area contributed by atoms with Crippen LogP contribution >= 0.6 is 11.8 Å². The molecule has 0 bridgehead atoms. The smallest absolute Gasteiger partial charge is 0.303 e. The maximum Gasteiger partial charge on any atom is 0.303 e. The van der Waals surface area contributed by atoms with Gasteiger partial charge in [-0.2, -0.15) is 0 Å². The van der Waals surface area contributed by atoms with Crippen molar-refractivity contribution in [2.75, 3.05) is 45.2 Å². The molecule has 204 valence electrons. The number of methoxy groups -OCH3 is 1. The first-order chi connectivity index (χ1) is 18.4. The number of ether oxygens (including phenoxy) is 2. The highest BCUT2D eigenvalue weighted by molar-refractivity contribution is 7.99. The summed E-state index contributed by atoms with van der Waals surface area (Å²) in [5.74, 6) is 0.113. The number of fused-ring (bicyclic) bond motifs is 1. The molecule has 2 aliphatic rings. The molecule has 0 saturated carbocycles. The van der Waals surface area contributed by atoms with Crippen molar-refractivity contribution in [1.29, 1.82) is 0 Å². The van der Waals surface area contributed by atoms with E-state index in [1.807, 2.05) is 60.5 Å². The van der Waals surface area contributed by atoms with Crippen LogP contribution in [0.4, 0.5) is 5.69 Å². The average Bonchev–Trinajstić information content (AvgIpc) is 3.26. The maximum atomic E-state index is 14.0. The van der Waals surface area contributed by atoms with Gasteiger partial charge in [0.15, 0.2) is 11.9 Å². The van der Waals surface area contributed by atoms with Crippen molar-refractivity contribution in [3.63, 3.8) is 0 Å². The van der Waals surface area contributed by atoms with E-state index in [9.17, 15) is 14.4 Å². The summed E-state index contributed by atoms with van der Waals surface area (Å²) in [5.41, 5.74) is 1.64. The molecule has 1 N–H and O–H groups in total. The Balaban J connectivity index is 1.54. The third-order valence-corrected chi connectivity index (χ3v) is 8.38. The van der Waals surface area contributed by atoms with Gasteiger partial charge in [0.05, 0.1) is 30.6 Å². The first-order valence-electron chi connectivity index (χ1n) is 13.2. The molecule has 9 heteroatoms. The molecule has 2 aromatic rings. The fraction of sp³-hybridized carbons (Fsp3) is 0.483. The molecule has 1 fully saturated rings. The molecular weight excluding hydrogens is 502 g/mol. The third kappa shape index (κ3) is 6.95. The number of esters is 1. The number of rotatable bonds is 9. The summed E-state index contributed by atoms with van der Waals surface area (Å²) in [6.45, 7) is 3.39. The van der Waals surface area contributed by atoms with Crippen LogP contribution in [0, 0.1) is 0 Å². The lowest BCUT2D eigenvalue weighted by Gasteiger charge is -2.29. The molecule has 2 aliphatic heterocycles. The molecule has 0 aromatic heterocycles. The van der Waals surface area contributed by atoms with E-state index in [4.69, 9.17) is 9.47 Å². The van der Waals surface area contributed by atoms with Crippen LogP contribution in [-0.4, -0.2) is 75.0 Å². The number of anilines is 1. The van der Waals surface area contributed by atoms with Crippen molar-refractivity contribution in [3.8, 4) is 5.75 Å². The van der Waals surface area contributed by atoms with Crippen LogP contribution < -0.4 is 15.0 Å². The van der Waals surface area contributed by atoms with Crippen molar-refractivity contribution >= 4 is 35.1 Å². The number of nitrogens with one attached hydrogen (secondary N) is 1. The average molecular weight is 540 g/mol. The van der Waals surface area contributed by atoms with Crippen molar-refractivity contribution < 1.29 is 23.9 Å². The Morgan fingerprint density at radius 2 is 1.87 bits per heavy atom. The highest BCUT2D eigenvalue weighted by atomic mass is 32.2. The van der Waals surface area contributed by atoms with Gasteiger partial charge in [-0.15, -0.1) is 11.8 Å². The number of thioether (sulfide) groups is 1. The van der Waals surface area contributed by atoms with Crippen LogP contribution in [0.25, 0.3) is 0 Å². The number of para-hydroxylation sites is 1. The largest absolute Gasteiger partial charge is 0.497 e. The van der Waals surface area contributed by atoms with E-state index in [1.54, 1.807) is 12.0 Å². The molecule has 2 aromatic carbocycles. The zero-order valence-corrected chi connectivity index (χ0v) is 23.2. The topological polar surface area (TPSA) is 88.2 Å². The lowest BCUT2D eigenvalue weighted by molar-refractivity contribution is -0.152. The van der Waals surface area contributed by atoms with Crippen LogP contribution in [-0.2, 0) is 19.1 Å². The van der Waals surface area contributed by atoms with Crippen LogP contribution in [0.15, 0.2) is 53.4 Å². The fourth-order valence-electron chi connectivity index (χ4n) is 4.97. The molecule has 2 heterocycles. The van der Waals surface area contributed by atoms with Gasteiger partial charge in [-0.3, -0.25) is 19.3 Å². The Kier molecular flexibility index (Phi) is 9.82. The molecule has 0 aliphatic carbocycles.